The lowest BCUT2D eigenvalue weighted by molar-refractivity contribution is 0.492. The quantitative estimate of drug-likeness (QED) is 0.525. The van der Waals surface area contributed by atoms with Gasteiger partial charge in [0.05, 0.1) is 11.9 Å². The third-order valence-corrected chi connectivity index (χ3v) is 10.1. The van der Waals surface area contributed by atoms with Gasteiger partial charge in [-0.2, -0.15) is 0 Å². The zero-order valence-electron chi connectivity index (χ0n) is 19.0. The molecule has 0 unspecified atom stereocenters. The van der Waals surface area contributed by atoms with Crippen molar-refractivity contribution in [3.8, 4) is 28.3 Å². The molecule has 0 saturated carbocycles. The van der Waals surface area contributed by atoms with Gasteiger partial charge in [0.15, 0.2) is 0 Å². The van der Waals surface area contributed by atoms with E-state index in [0.29, 0.717) is 11.5 Å². The predicted molar refractivity (Wildman–Crippen MR) is 129 cm³/mol. The molecule has 0 aliphatic heterocycles. The van der Waals surface area contributed by atoms with Crippen molar-refractivity contribution in [3.63, 3.8) is 0 Å². The van der Waals surface area contributed by atoms with Crippen LogP contribution in [0.1, 0.15) is 20.8 Å². The summed E-state index contributed by atoms with van der Waals surface area (Å²) in [5.74, 6) is 1.32. The number of benzene rings is 2. The fourth-order valence-corrected chi connectivity index (χ4v) is 3.84. The number of nitrogens with two attached hydrogens (primary N) is 1. The van der Waals surface area contributed by atoms with E-state index in [1.54, 1.807) is 6.20 Å². The number of rotatable bonds is 5. The summed E-state index contributed by atoms with van der Waals surface area (Å²) in [6.07, 6.45) is 1.72. The van der Waals surface area contributed by atoms with E-state index in [9.17, 15) is 0 Å². The largest absolute Gasteiger partial charge is 0.544 e. The molecule has 5 nitrogen and oxygen atoms in total. The predicted octanol–water partition coefficient (Wildman–Crippen LogP) is 5.84. The smallest absolute Gasteiger partial charge is 0.250 e. The standard InChI is InChI=1S/C24H32N4OSi/c1-24(2,3)30(6,7)29-20-14-10-17(11-15-20)21-16-26-23(25)22(27-21)18-8-12-19(13-9-18)28(4)5/h8-16H,1-7H3,(H2,25,26). The van der Waals surface area contributed by atoms with Gasteiger partial charge in [0.1, 0.15) is 17.3 Å². The number of anilines is 2. The van der Waals surface area contributed by atoms with E-state index in [0.717, 1.165) is 28.3 Å². The van der Waals surface area contributed by atoms with Gasteiger partial charge in [-0.25, -0.2) is 9.97 Å². The first-order chi connectivity index (χ1) is 14.0. The van der Waals surface area contributed by atoms with Crippen molar-refractivity contribution in [2.24, 2.45) is 0 Å². The van der Waals surface area contributed by atoms with Crippen LogP contribution in [0.25, 0.3) is 22.5 Å². The second kappa shape index (κ2) is 8.11. The molecule has 6 heteroatoms. The maximum absolute atomic E-state index is 6.38. The normalized spacial score (nSPS) is 12.0. The van der Waals surface area contributed by atoms with Crippen molar-refractivity contribution in [1.82, 2.24) is 9.97 Å². The summed E-state index contributed by atoms with van der Waals surface area (Å²) in [6.45, 7) is 11.2. The maximum Gasteiger partial charge on any atom is 0.250 e. The molecule has 158 valence electrons. The second-order valence-electron chi connectivity index (χ2n) is 9.32. The van der Waals surface area contributed by atoms with Gasteiger partial charge in [-0.15, -0.1) is 0 Å². The van der Waals surface area contributed by atoms with Crippen molar-refractivity contribution < 1.29 is 4.43 Å². The fourth-order valence-electron chi connectivity index (χ4n) is 2.81. The van der Waals surface area contributed by atoms with Gasteiger partial charge in [0.25, 0.3) is 0 Å². The maximum atomic E-state index is 6.38. The lowest BCUT2D eigenvalue weighted by atomic mass is 10.1. The molecule has 0 saturated heterocycles. The minimum absolute atomic E-state index is 0.158. The van der Waals surface area contributed by atoms with Gasteiger partial charge < -0.3 is 15.1 Å². The van der Waals surface area contributed by atoms with Crippen LogP contribution in [0, 0.1) is 0 Å². The Kier molecular flexibility index (Phi) is 5.90. The topological polar surface area (TPSA) is 64.3 Å². The molecule has 30 heavy (non-hydrogen) atoms. The van der Waals surface area contributed by atoms with Crippen molar-refractivity contribution in [1.29, 1.82) is 0 Å². The summed E-state index contributed by atoms with van der Waals surface area (Å²) in [4.78, 5) is 11.2. The van der Waals surface area contributed by atoms with E-state index in [2.05, 4.69) is 55.9 Å². The molecule has 0 aliphatic carbocycles. The van der Waals surface area contributed by atoms with Crippen molar-refractivity contribution >= 4 is 19.8 Å². The highest BCUT2D eigenvalue weighted by Gasteiger charge is 2.38. The molecule has 0 atom stereocenters. The molecule has 0 bridgehead atoms. The van der Waals surface area contributed by atoms with Crippen LogP contribution in [0.2, 0.25) is 18.1 Å². The molecule has 3 rings (SSSR count). The van der Waals surface area contributed by atoms with Gasteiger partial charge in [-0.1, -0.05) is 32.9 Å². The SMILES string of the molecule is CN(C)c1ccc(-c2nc(-c3ccc(O[Si](C)(C)C(C)(C)C)cc3)cnc2N)cc1. The van der Waals surface area contributed by atoms with Crippen LogP contribution < -0.4 is 15.1 Å². The summed E-state index contributed by atoms with van der Waals surface area (Å²) in [5.41, 5.74) is 10.7. The number of hydrogen-bond donors (Lipinski definition) is 1. The molecular weight excluding hydrogens is 388 g/mol. The fraction of sp³-hybridized carbons (Fsp3) is 0.333. The van der Waals surface area contributed by atoms with E-state index < -0.39 is 8.32 Å². The van der Waals surface area contributed by atoms with Crippen molar-refractivity contribution in [2.45, 2.75) is 38.9 Å². The average Bonchev–Trinajstić information content (AvgIpc) is 2.68. The third-order valence-electron chi connectivity index (χ3n) is 5.79. The average molecular weight is 421 g/mol. The molecule has 1 aromatic heterocycles. The van der Waals surface area contributed by atoms with Gasteiger partial charge in [0.2, 0.25) is 8.32 Å². The molecule has 2 aromatic carbocycles. The molecular formula is C24H32N4OSi. The first kappa shape index (κ1) is 21.8. The Morgan fingerprint density at radius 2 is 1.47 bits per heavy atom. The second-order valence-corrected chi connectivity index (χ2v) is 14.0. The first-order valence-electron chi connectivity index (χ1n) is 10.2. The Labute approximate surface area is 181 Å². The van der Waals surface area contributed by atoms with Gasteiger partial charge in [-0.05, 0) is 54.5 Å². The monoisotopic (exact) mass is 420 g/mol. The van der Waals surface area contributed by atoms with E-state index in [4.69, 9.17) is 15.1 Å². The summed E-state index contributed by atoms with van der Waals surface area (Å²) in [6, 6.07) is 16.2. The Hall–Kier alpha value is -2.86. The van der Waals surface area contributed by atoms with Gasteiger partial charge >= 0.3 is 0 Å². The number of nitrogen functional groups attached to an aromatic ring is 1. The molecule has 0 spiro atoms. The summed E-state index contributed by atoms with van der Waals surface area (Å²) in [5, 5.41) is 0.158. The van der Waals surface area contributed by atoms with Crippen LogP contribution >= 0.6 is 0 Å². The summed E-state index contributed by atoms with van der Waals surface area (Å²) >= 11 is 0. The molecule has 0 amide bonds. The van der Waals surface area contributed by atoms with Gasteiger partial charge in [0, 0.05) is 30.9 Å². The third kappa shape index (κ3) is 4.65. The molecule has 0 aliphatic rings. The Morgan fingerprint density at radius 1 is 0.900 bits per heavy atom. The molecule has 0 fully saturated rings. The highest BCUT2D eigenvalue weighted by atomic mass is 28.4. The van der Waals surface area contributed by atoms with E-state index in [1.165, 1.54) is 0 Å². The van der Waals surface area contributed by atoms with Gasteiger partial charge in [-0.3, -0.25) is 0 Å². The van der Waals surface area contributed by atoms with E-state index in [-0.39, 0.29) is 5.04 Å². The minimum Gasteiger partial charge on any atom is -0.544 e. The zero-order valence-corrected chi connectivity index (χ0v) is 20.0. The lowest BCUT2D eigenvalue weighted by Gasteiger charge is -2.36. The lowest BCUT2D eigenvalue weighted by Crippen LogP contribution is -2.43. The zero-order chi connectivity index (χ0) is 22.1. The molecule has 0 radical (unpaired) electrons. The van der Waals surface area contributed by atoms with Crippen LogP contribution in [0.5, 0.6) is 5.75 Å². The number of nitrogens with zero attached hydrogens (tertiary/aromatic N) is 3. The van der Waals surface area contributed by atoms with Crippen molar-refractivity contribution in [2.75, 3.05) is 24.7 Å². The van der Waals surface area contributed by atoms with Crippen LogP contribution in [-0.2, 0) is 0 Å². The molecule has 3 aromatic rings. The van der Waals surface area contributed by atoms with Crippen LogP contribution in [0.4, 0.5) is 11.5 Å². The Balaban J connectivity index is 1.87. The molecule has 1 heterocycles. The summed E-state index contributed by atoms with van der Waals surface area (Å²) in [7, 11) is 2.17. The highest BCUT2D eigenvalue weighted by molar-refractivity contribution is 6.74. The number of hydrogen-bond acceptors (Lipinski definition) is 5. The Morgan fingerprint density at radius 3 is 2.00 bits per heavy atom. The van der Waals surface area contributed by atoms with Crippen LogP contribution in [0.15, 0.2) is 54.7 Å². The van der Waals surface area contributed by atoms with E-state index >= 15 is 0 Å². The molecule has 2 N–H and O–H groups in total. The summed E-state index contributed by atoms with van der Waals surface area (Å²) < 4.78 is 6.38. The number of aromatic nitrogens is 2. The van der Waals surface area contributed by atoms with Crippen LogP contribution in [0.3, 0.4) is 0 Å². The first-order valence-corrected chi connectivity index (χ1v) is 13.1. The van der Waals surface area contributed by atoms with E-state index in [1.807, 2.05) is 50.5 Å². The highest BCUT2D eigenvalue weighted by Crippen LogP contribution is 2.37. The van der Waals surface area contributed by atoms with Crippen molar-refractivity contribution in [3.05, 3.63) is 54.7 Å². The minimum atomic E-state index is -1.86. The van der Waals surface area contributed by atoms with Crippen LogP contribution in [-0.4, -0.2) is 32.4 Å². The Bertz CT molecular complexity index is 1010.